The summed E-state index contributed by atoms with van der Waals surface area (Å²) < 4.78 is 18.0. The molecule has 2 aromatic carbocycles. The summed E-state index contributed by atoms with van der Waals surface area (Å²) in [5.41, 5.74) is 1.67. The minimum Gasteiger partial charge on any atom is -0.462 e. The molecule has 3 rings (SSSR count). The lowest BCUT2D eigenvalue weighted by molar-refractivity contribution is -0.143. The van der Waals surface area contributed by atoms with Crippen molar-refractivity contribution >= 4 is 29.2 Å². The van der Waals surface area contributed by atoms with Crippen LogP contribution in [0.2, 0.25) is 0 Å². The van der Waals surface area contributed by atoms with Crippen LogP contribution in [0.15, 0.2) is 48.5 Å². The summed E-state index contributed by atoms with van der Waals surface area (Å²) in [6.07, 6.45) is 0. The van der Waals surface area contributed by atoms with Crippen LogP contribution >= 0.6 is 0 Å². The second-order valence-electron chi connectivity index (χ2n) is 6.51. The van der Waals surface area contributed by atoms with Gasteiger partial charge >= 0.3 is 17.8 Å². The zero-order valence-corrected chi connectivity index (χ0v) is 16.1. The highest BCUT2D eigenvalue weighted by Crippen LogP contribution is 2.17. The SMILES string of the molecule is CCOC(=O)c1ccc(NC(=O)C(=O)N2CCN(c3ccc(F)cc3)CC2)cc1. The van der Waals surface area contributed by atoms with Crippen molar-refractivity contribution in [3.8, 4) is 0 Å². The fourth-order valence-electron chi connectivity index (χ4n) is 3.05. The molecule has 1 saturated heterocycles. The van der Waals surface area contributed by atoms with E-state index in [9.17, 15) is 18.8 Å². The van der Waals surface area contributed by atoms with Crippen LogP contribution < -0.4 is 10.2 Å². The van der Waals surface area contributed by atoms with Gasteiger partial charge in [-0.3, -0.25) is 9.59 Å². The molecule has 2 aromatic rings. The van der Waals surface area contributed by atoms with Crippen molar-refractivity contribution in [2.45, 2.75) is 6.92 Å². The number of benzene rings is 2. The Morgan fingerprint density at radius 3 is 2.17 bits per heavy atom. The van der Waals surface area contributed by atoms with Crippen LogP contribution in [0.4, 0.5) is 15.8 Å². The number of rotatable bonds is 4. The molecule has 1 N–H and O–H groups in total. The fraction of sp³-hybridized carbons (Fsp3) is 0.286. The third-order valence-corrected chi connectivity index (χ3v) is 4.61. The summed E-state index contributed by atoms with van der Waals surface area (Å²) in [5.74, 6) is -2.09. The van der Waals surface area contributed by atoms with Crippen LogP contribution in [0, 0.1) is 5.82 Å². The van der Waals surface area contributed by atoms with Gasteiger partial charge in [0.1, 0.15) is 5.82 Å². The van der Waals surface area contributed by atoms with Gasteiger partial charge in [-0.25, -0.2) is 9.18 Å². The van der Waals surface area contributed by atoms with Crippen molar-refractivity contribution in [1.29, 1.82) is 0 Å². The zero-order chi connectivity index (χ0) is 20.8. The van der Waals surface area contributed by atoms with Gasteiger partial charge in [-0.05, 0) is 55.5 Å². The maximum atomic E-state index is 13.0. The predicted octanol–water partition coefficient (Wildman–Crippen LogP) is 2.29. The first-order valence-electron chi connectivity index (χ1n) is 9.36. The van der Waals surface area contributed by atoms with Gasteiger partial charge in [0.15, 0.2) is 0 Å². The van der Waals surface area contributed by atoms with Gasteiger partial charge in [-0.15, -0.1) is 0 Å². The van der Waals surface area contributed by atoms with Gasteiger partial charge in [-0.2, -0.15) is 0 Å². The number of hydrogen-bond acceptors (Lipinski definition) is 5. The van der Waals surface area contributed by atoms with Crippen molar-refractivity contribution in [3.05, 3.63) is 59.9 Å². The Labute approximate surface area is 168 Å². The first-order valence-corrected chi connectivity index (χ1v) is 9.36. The Morgan fingerprint density at radius 2 is 1.59 bits per heavy atom. The molecule has 0 spiro atoms. The molecule has 0 bridgehead atoms. The number of halogens is 1. The van der Waals surface area contributed by atoms with E-state index < -0.39 is 17.8 Å². The highest BCUT2D eigenvalue weighted by atomic mass is 19.1. The number of carbonyl (C=O) groups excluding carboxylic acids is 3. The molecule has 1 heterocycles. The van der Waals surface area contributed by atoms with Crippen LogP contribution in [-0.2, 0) is 14.3 Å². The van der Waals surface area contributed by atoms with Crippen LogP contribution in [0.5, 0.6) is 0 Å². The Balaban J connectivity index is 1.52. The average Bonchev–Trinajstić information content (AvgIpc) is 2.74. The van der Waals surface area contributed by atoms with Crippen molar-refractivity contribution in [2.24, 2.45) is 0 Å². The molecular formula is C21H22FN3O4. The van der Waals surface area contributed by atoms with E-state index in [0.29, 0.717) is 37.4 Å². The molecule has 152 valence electrons. The summed E-state index contributed by atoms with van der Waals surface area (Å²) in [6.45, 7) is 3.90. The van der Waals surface area contributed by atoms with E-state index >= 15 is 0 Å². The van der Waals surface area contributed by atoms with Crippen LogP contribution in [-0.4, -0.2) is 55.5 Å². The average molecular weight is 399 g/mol. The number of ether oxygens (including phenoxy) is 1. The minimum absolute atomic E-state index is 0.278. The maximum absolute atomic E-state index is 13.0. The number of nitrogens with zero attached hydrogens (tertiary/aromatic N) is 2. The Kier molecular flexibility index (Phi) is 6.43. The minimum atomic E-state index is -0.732. The number of anilines is 2. The molecule has 1 fully saturated rings. The summed E-state index contributed by atoms with van der Waals surface area (Å²) in [7, 11) is 0. The maximum Gasteiger partial charge on any atom is 0.338 e. The lowest BCUT2D eigenvalue weighted by Gasteiger charge is -2.35. The molecule has 1 aliphatic rings. The normalized spacial score (nSPS) is 13.7. The Bertz CT molecular complexity index is 876. The summed E-state index contributed by atoms with van der Waals surface area (Å²) in [4.78, 5) is 39.9. The summed E-state index contributed by atoms with van der Waals surface area (Å²) in [6, 6.07) is 12.3. The number of piperazine rings is 1. The van der Waals surface area contributed by atoms with E-state index in [4.69, 9.17) is 4.74 Å². The highest BCUT2D eigenvalue weighted by Gasteiger charge is 2.26. The first-order chi connectivity index (χ1) is 14.0. The van der Waals surface area contributed by atoms with Gasteiger partial charge in [0.2, 0.25) is 0 Å². The quantitative estimate of drug-likeness (QED) is 0.630. The van der Waals surface area contributed by atoms with Crippen LogP contribution in [0.3, 0.4) is 0 Å². The van der Waals surface area contributed by atoms with E-state index in [2.05, 4.69) is 5.32 Å². The van der Waals surface area contributed by atoms with Crippen molar-refractivity contribution in [2.75, 3.05) is 43.0 Å². The molecule has 8 heteroatoms. The van der Waals surface area contributed by atoms with Crippen LogP contribution in [0.25, 0.3) is 0 Å². The van der Waals surface area contributed by atoms with Gasteiger partial charge < -0.3 is 19.9 Å². The largest absolute Gasteiger partial charge is 0.462 e. The monoisotopic (exact) mass is 399 g/mol. The molecule has 29 heavy (non-hydrogen) atoms. The second kappa shape index (κ2) is 9.18. The molecule has 0 saturated carbocycles. The molecule has 0 atom stereocenters. The Morgan fingerprint density at radius 1 is 0.966 bits per heavy atom. The predicted molar refractivity (Wildman–Crippen MR) is 106 cm³/mol. The van der Waals surface area contributed by atoms with E-state index in [1.807, 2.05) is 4.90 Å². The van der Waals surface area contributed by atoms with E-state index in [0.717, 1.165) is 5.69 Å². The molecule has 2 amide bonds. The fourth-order valence-corrected chi connectivity index (χ4v) is 3.05. The number of amides is 2. The second-order valence-corrected chi connectivity index (χ2v) is 6.51. The summed E-state index contributed by atoms with van der Waals surface area (Å²) in [5, 5.41) is 2.55. The van der Waals surface area contributed by atoms with E-state index in [1.54, 1.807) is 31.2 Å². The molecular weight excluding hydrogens is 377 g/mol. The van der Waals surface area contributed by atoms with Crippen molar-refractivity contribution < 1.29 is 23.5 Å². The molecule has 1 aliphatic heterocycles. The number of nitrogens with one attached hydrogen (secondary N) is 1. The Hall–Kier alpha value is -3.42. The zero-order valence-electron chi connectivity index (χ0n) is 16.1. The third kappa shape index (κ3) is 5.10. The van der Waals surface area contributed by atoms with Gasteiger partial charge in [0, 0.05) is 37.6 Å². The summed E-state index contributed by atoms with van der Waals surface area (Å²) >= 11 is 0. The topological polar surface area (TPSA) is 78.9 Å². The molecule has 0 aliphatic carbocycles. The van der Waals surface area contributed by atoms with Gasteiger partial charge in [0.25, 0.3) is 0 Å². The van der Waals surface area contributed by atoms with E-state index in [1.165, 1.54) is 29.2 Å². The standard InChI is InChI=1S/C21H22FN3O4/c1-2-29-21(28)15-3-7-17(8-4-15)23-19(26)20(27)25-13-11-24(12-14-25)18-9-5-16(22)6-10-18/h3-10H,2,11-14H2,1H3,(H,23,26). The molecule has 0 unspecified atom stereocenters. The molecule has 0 radical (unpaired) electrons. The van der Waals surface area contributed by atoms with Gasteiger partial charge in [-0.1, -0.05) is 0 Å². The van der Waals surface area contributed by atoms with Crippen LogP contribution in [0.1, 0.15) is 17.3 Å². The number of carbonyl (C=O) groups is 3. The number of hydrogen-bond donors (Lipinski definition) is 1. The van der Waals surface area contributed by atoms with Crippen molar-refractivity contribution in [3.63, 3.8) is 0 Å². The smallest absolute Gasteiger partial charge is 0.338 e. The third-order valence-electron chi connectivity index (χ3n) is 4.61. The lowest BCUT2D eigenvalue weighted by atomic mass is 10.2. The molecule has 0 aromatic heterocycles. The lowest BCUT2D eigenvalue weighted by Crippen LogP contribution is -2.51. The highest BCUT2D eigenvalue weighted by molar-refractivity contribution is 6.39. The van der Waals surface area contributed by atoms with Gasteiger partial charge in [0.05, 0.1) is 12.2 Å². The molecule has 7 nitrogen and oxygen atoms in total. The van der Waals surface area contributed by atoms with E-state index in [-0.39, 0.29) is 12.4 Å². The number of esters is 1. The first kappa shape index (κ1) is 20.3. The van der Waals surface area contributed by atoms with Crippen molar-refractivity contribution in [1.82, 2.24) is 4.90 Å².